The highest BCUT2D eigenvalue weighted by atomic mass is 31.8. The summed E-state index contributed by atoms with van der Waals surface area (Å²) in [5.74, 6) is 4.52. The fourth-order valence-electron chi connectivity index (χ4n) is 0.937. The highest BCUT2D eigenvalue weighted by Crippen LogP contribution is 2.26. The standard InChI is InChI=1S/C8H6P2/c1-2-4-8-6-10-9-5-7(8)3-1/h1-6H. The van der Waals surface area contributed by atoms with Gasteiger partial charge in [0.25, 0.3) is 0 Å². The molecule has 0 radical (unpaired) electrons. The molecule has 0 unspecified atom stereocenters. The van der Waals surface area contributed by atoms with Crippen LogP contribution in [-0.2, 0) is 0 Å². The smallest absolute Gasteiger partial charge is 0.0131 e. The fourth-order valence-corrected chi connectivity index (χ4v) is 2.94. The van der Waals surface area contributed by atoms with E-state index in [1.165, 1.54) is 26.5 Å². The Morgan fingerprint density at radius 1 is 0.800 bits per heavy atom. The maximum atomic E-state index is 2.26. The van der Waals surface area contributed by atoms with E-state index in [0.717, 1.165) is 0 Å². The molecule has 2 aromatic rings. The van der Waals surface area contributed by atoms with Crippen molar-refractivity contribution in [2.24, 2.45) is 0 Å². The van der Waals surface area contributed by atoms with Crippen LogP contribution in [0.4, 0.5) is 0 Å². The van der Waals surface area contributed by atoms with E-state index in [1.807, 2.05) is 0 Å². The summed E-state index contributed by atoms with van der Waals surface area (Å²) in [6.45, 7) is 0. The molecule has 1 aromatic carbocycles. The summed E-state index contributed by atoms with van der Waals surface area (Å²) in [5.41, 5.74) is 0. The van der Waals surface area contributed by atoms with Crippen LogP contribution in [0.1, 0.15) is 0 Å². The SMILES string of the molecule is c1ccc2cppcc2c1. The second-order valence-corrected chi connectivity index (χ2v) is 4.48. The molecule has 0 bridgehead atoms. The van der Waals surface area contributed by atoms with Gasteiger partial charge in [-0.25, -0.2) is 0 Å². The maximum Gasteiger partial charge on any atom is -0.0131 e. The summed E-state index contributed by atoms with van der Waals surface area (Å²) < 4.78 is 0. The van der Waals surface area contributed by atoms with E-state index >= 15 is 0 Å². The van der Waals surface area contributed by atoms with Crippen LogP contribution < -0.4 is 0 Å². The van der Waals surface area contributed by atoms with Crippen LogP contribution in [0.3, 0.4) is 0 Å². The molecular formula is C8H6P2. The first kappa shape index (κ1) is 6.28. The topological polar surface area (TPSA) is 0 Å². The molecule has 48 valence electrons. The number of benzene rings is 1. The molecule has 0 saturated carbocycles. The van der Waals surface area contributed by atoms with E-state index in [0.29, 0.717) is 0 Å². The summed E-state index contributed by atoms with van der Waals surface area (Å²) in [6.07, 6.45) is 0. The molecule has 0 aliphatic carbocycles. The first-order chi connectivity index (χ1) is 4.97. The minimum Gasteiger partial charge on any atom is -0.0616 e. The van der Waals surface area contributed by atoms with Crippen molar-refractivity contribution in [3.63, 3.8) is 0 Å². The zero-order chi connectivity index (χ0) is 6.81. The Kier molecular flexibility index (Phi) is 1.67. The van der Waals surface area contributed by atoms with Crippen LogP contribution in [0.25, 0.3) is 10.8 Å². The van der Waals surface area contributed by atoms with Crippen molar-refractivity contribution >= 4 is 26.5 Å². The van der Waals surface area contributed by atoms with Gasteiger partial charge in [-0.15, -0.1) is 0 Å². The van der Waals surface area contributed by atoms with Gasteiger partial charge in [0.05, 0.1) is 0 Å². The first-order valence-corrected chi connectivity index (χ1v) is 5.75. The third kappa shape index (κ3) is 1.06. The van der Waals surface area contributed by atoms with E-state index < -0.39 is 0 Å². The van der Waals surface area contributed by atoms with Crippen molar-refractivity contribution in [1.82, 2.24) is 0 Å². The van der Waals surface area contributed by atoms with Crippen LogP contribution in [0, 0.1) is 0 Å². The molecule has 0 amide bonds. The Balaban J connectivity index is 2.89. The van der Waals surface area contributed by atoms with Gasteiger partial charge in [-0.3, -0.25) is 0 Å². The molecule has 0 nitrogen and oxygen atoms in total. The molecule has 0 spiro atoms. The largest absolute Gasteiger partial charge is 0.0616 e. The van der Waals surface area contributed by atoms with E-state index in [9.17, 15) is 0 Å². The van der Waals surface area contributed by atoms with E-state index in [-0.39, 0.29) is 0 Å². The van der Waals surface area contributed by atoms with Crippen molar-refractivity contribution in [1.29, 1.82) is 0 Å². The van der Waals surface area contributed by atoms with E-state index in [2.05, 4.69) is 35.9 Å². The molecule has 1 heterocycles. The van der Waals surface area contributed by atoms with Crippen molar-refractivity contribution in [2.45, 2.75) is 0 Å². The minimum atomic E-state index is 1.38. The molecule has 1 aromatic heterocycles. The van der Waals surface area contributed by atoms with Gasteiger partial charge in [-0.05, 0) is 38.1 Å². The lowest BCUT2D eigenvalue weighted by atomic mass is 10.2. The second-order valence-electron chi connectivity index (χ2n) is 2.12. The average molecular weight is 164 g/mol. The molecule has 0 fully saturated rings. The Hall–Kier alpha value is -0.440. The molecule has 10 heavy (non-hydrogen) atoms. The van der Waals surface area contributed by atoms with Gasteiger partial charge in [-0.1, -0.05) is 24.3 Å². The van der Waals surface area contributed by atoms with Gasteiger partial charge in [0.2, 0.25) is 0 Å². The number of fused-ring (bicyclic) bond motifs is 1. The van der Waals surface area contributed by atoms with E-state index in [1.54, 1.807) is 0 Å². The molecule has 2 rings (SSSR count). The Morgan fingerprint density at radius 3 is 1.80 bits per heavy atom. The molecule has 2 heteroatoms. The lowest BCUT2D eigenvalue weighted by Gasteiger charge is -1.91. The molecule has 0 aliphatic heterocycles. The van der Waals surface area contributed by atoms with Crippen LogP contribution in [0.2, 0.25) is 0 Å². The summed E-state index contributed by atoms with van der Waals surface area (Å²) in [6, 6.07) is 8.49. The summed E-state index contributed by atoms with van der Waals surface area (Å²) in [5, 5.41) is 2.76. The van der Waals surface area contributed by atoms with Crippen LogP contribution in [0.5, 0.6) is 0 Å². The lowest BCUT2D eigenvalue weighted by molar-refractivity contribution is 1.84. The summed E-state index contributed by atoms with van der Waals surface area (Å²) in [7, 11) is 2.79. The maximum absolute atomic E-state index is 2.26. The Morgan fingerprint density at radius 2 is 1.30 bits per heavy atom. The molecule has 0 aliphatic rings. The summed E-state index contributed by atoms with van der Waals surface area (Å²) >= 11 is 0. The highest BCUT2D eigenvalue weighted by Gasteiger charge is 1.86. The van der Waals surface area contributed by atoms with Crippen molar-refractivity contribution in [3.8, 4) is 0 Å². The number of rotatable bonds is 0. The van der Waals surface area contributed by atoms with Gasteiger partial charge in [0, 0.05) is 0 Å². The zero-order valence-electron chi connectivity index (χ0n) is 5.36. The monoisotopic (exact) mass is 164 g/mol. The quantitative estimate of drug-likeness (QED) is 0.552. The van der Waals surface area contributed by atoms with Crippen LogP contribution in [0.15, 0.2) is 35.9 Å². The first-order valence-electron chi connectivity index (χ1n) is 3.12. The fraction of sp³-hybridized carbons (Fsp3) is 0. The highest BCUT2D eigenvalue weighted by molar-refractivity contribution is 7.89. The zero-order valence-corrected chi connectivity index (χ0v) is 7.15. The molecular weight excluding hydrogens is 158 g/mol. The third-order valence-corrected chi connectivity index (χ3v) is 3.47. The number of hydrogen-bond acceptors (Lipinski definition) is 0. The number of hydrogen-bond donors (Lipinski definition) is 0. The Labute approximate surface area is 63.0 Å². The Bertz CT molecular complexity index is 278. The van der Waals surface area contributed by atoms with Crippen LogP contribution in [-0.4, -0.2) is 0 Å². The average Bonchev–Trinajstić information content (AvgIpc) is 2.05. The van der Waals surface area contributed by atoms with Gasteiger partial charge in [0.15, 0.2) is 0 Å². The van der Waals surface area contributed by atoms with Gasteiger partial charge in [-0.2, -0.15) is 0 Å². The lowest BCUT2D eigenvalue weighted by Crippen LogP contribution is -1.62. The predicted octanol–water partition coefficient (Wildman–Crippen LogP) is 4.00. The molecule has 0 N–H and O–H groups in total. The summed E-state index contributed by atoms with van der Waals surface area (Å²) in [4.78, 5) is 0. The van der Waals surface area contributed by atoms with Crippen molar-refractivity contribution in [2.75, 3.05) is 0 Å². The van der Waals surface area contributed by atoms with Gasteiger partial charge < -0.3 is 0 Å². The van der Waals surface area contributed by atoms with Gasteiger partial charge in [0.1, 0.15) is 0 Å². The van der Waals surface area contributed by atoms with Gasteiger partial charge >= 0.3 is 0 Å². The van der Waals surface area contributed by atoms with Crippen LogP contribution >= 0.6 is 15.7 Å². The van der Waals surface area contributed by atoms with Crippen molar-refractivity contribution < 1.29 is 0 Å². The third-order valence-electron chi connectivity index (χ3n) is 1.46. The molecule has 0 saturated heterocycles. The normalized spacial score (nSPS) is 11.6. The van der Waals surface area contributed by atoms with E-state index in [4.69, 9.17) is 0 Å². The van der Waals surface area contributed by atoms with Crippen molar-refractivity contribution in [3.05, 3.63) is 35.9 Å². The second kappa shape index (κ2) is 2.66. The minimum absolute atomic E-state index is 1.38. The predicted molar refractivity (Wildman–Crippen MR) is 49.0 cm³/mol. The molecule has 0 atom stereocenters.